The lowest BCUT2D eigenvalue weighted by Crippen LogP contribution is -2.38. The number of carbonyl (C=O) groups excluding carboxylic acids is 1. The summed E-state index contributed by atoms with van der Waals surface area (Å²) in [5.41, 5.74) is 1.63. The number of ether oxygens (including phenoxy) is 2. The zero-order chi connectivity index (χ0) is 24.1. The number of para-hydroxylation sites is 1. The van der Waals surface area contributed by atoms with Crippen molar-refractivity contribution in [2.45, 2.75) is 46.1 Å². The van der Waals surface area contributed by atoms with Crippen LogP contribution in [0.15, 0.2) is 54.6 Å². The summed E-state index contributed by atoms with van der Waals surface area (Å²) in [6, 6.07) is 16.6. The zero-order valence-corrected chi connectivity index (χ0v) is 19.8. The van der Waals surface area contributed by atoms with Gasteiger partial charge in [-0.05, 0) is 55.5 Å². The Morgan fingerprint density at radius 1 is 1.03 bits per heavy atom. The summed E-state index contributed by atoms with van der Waals surface area (Å²) in [4.78, 5) is 25.8. The van der Waals surface area contributed by atoms with Crippen molar-refractivity contribution in [1.29, 1.82) is 0 Å². The van der Waals surface area contributed by atoms with Crippen LogP contribution in [0, 0.1) is 5.92 Å². The van der Waals surface area contributed by atoms with Crippen LogP contribution in [0.3, 0.4) is 0 Å². The molecule has 0 saturated carbocycles. The van der Waals surface area contributed by atoms with Gasteiger partial charge in [0.1, 0.15) is 12.4 Å². The molecule has 7 heteroatoms. The Balaban J connectivity index is 1.89. The minimum atomic E-state index is -0.969. The normalized spacial score (nSPS) is 11.8. The van der Waals surface area contributed by atoms with E-state index in [9.17, 15) is 14.7 Å². The molecule has 0 aliphatic rings. The molecule has 0 heterocycles. The fourth-order valence-electron chi connectivity index (χ4n) is 3.36. The monoisotopic (exact) mass is 456 g/mol. The number of carboxylic acid groups (broad SMARTS) is 1. The average molecular weight is 457 g/mol. The smallest absolute Gasteiger partial charge is 0.333 e. The van der Waals surface area contributed by atoms with Crippen LogP contribution < -0.4 is 10.1 Å². The molecule has 7 nitrogen and oxygen atoms in total. The zero-order valence-electron chi connectivity index (χ0n) is 19.8. The molecular weight excluding hydrogens is 420 g/mol. The molecule has 0 bridgehead atoms. The predicted molar refractivity (Wildman–Crippen MR) is 130 cm³/mol. The number of hydrogen-bond donors (Lipinski definition) is 2. The third-order valence-electron chi connectivity index (χ3n) is 5.14. The van der Waals surface area contributed by atoms with Gasteiger partial charge in [0.25, 0.3) is 0 Å². The molecule has 2 rings (SSSR count). The summed E-state index contributed by atoms with van der Waals surface area (Å²) in [5.74, 6) is 0.290. The second-order valence-electron chi connectivity index (χ2n) is 8.30. The van der Waals surface area contributed by atoms with Crippen LogP contribution in [-0.4, -0.2) is 54.4 Å². The summed E-state index contributed by atoms with van der Waals surface area (Å²) in [7, 11) is 0. The van der Waals surface area contributed by atoms with Crippen molar-refractivity contribution in [3.63, 3.8) is 0 Å². The number of anilines is 1. The summed E-state index contributed by atoms with van der Waals surface area (Å²) in [6.07, 6.45) is 1.42. The van der Waals surface area contributed by atoms with E-state index in [2.05, 4.69) is 19.2 Å². The maximum absolute atomic E-state index is 12.8. The lowest BCUT2D eigenvalue weighted by molar-refractivity contribution is -0.149. The van der Waals surface area contributed by atoms with Crippen LogP contribution in [0.4, 0.5) is 10.5 Å². The maximum Gasteiger partial charge on any atom is 0.333 e. The highest BCUT2D eigenvalue weighted by Crippen LogP contribution is 2.15. The van der Waals surface area contributed by atoms with Gasteiger partial charge in [0.2, 0.25) is 0 Å². The van der Waals surface area contributed by atoms with Gasteiger partial charge >= 0.3 is 12.0 Å². The van der Waals surface area contributed by atoms with E-state index in [0.717, 1.165) is 24.1 Å². The highest BCUT2D eigenvalue weighted by molar-refractivity contribution is 5.89. The van der Waals surface area contributed by atoms with Gasteiger partial charge < -0.3 is 24.8 Å². The number of nitrogens with zero attached hydrogens (tertiary/aromatic N) is 1. The summed E-state index contributed by atoms with van der Waals surface area (Å²) >= 11 is 0. The van der Waals surface area contributed by atoms with Crippen LogP contribution in [0.2, 0.25) is 0 Å². The first-order chi connectivity index (χ1) is 15.9. The number of amides is 2. The van der Waals surface area contributed by atoms with Crippen molar-refractivity contribution in [1.82, 2.24) is 4.90 Å². The van der Waals surface area contributed by atoms with Crippen molar-refractivity contribution in [2.75, 3.05) is 31.6 Å². The van der Waals surface area contributed by atoms with Crippen LogP contribution in [0.1, 0.15) is 39.2 Å². The first-order valence-electron chi connectivity index (χ1n) is 11.6. The molecule has 0 aromatic heterocycles. The summed E-state index contributed by atoms with van der Waals surface area (Å²) < 4.78 is 11.1. The number of rotatable bonds is 14. The minimum absolute atomic E-state index is 0.139. The number of benzene rings is 2. The molecule has 0 saturated heterocycles. The van der Waals surface area contributed by atoms with Crippen LogP contribution in [0.5, 0.6) is 5.75 Å². The molecule has 2 N–H and O–H groups in total. The second kappa shape index (κ2) is 14.2. The van der Waals surface area contributed by atoms with Gasteiger partial charge in [0.15, 0.2) is 6.10 Å². The molecule has 0 aliphatic heterocycles. The molecule has 0 aliphatic carbocycles. The third kappa shape index (κ3) is 9.95. The van der Waals surface area contributed by atoms with Crippen molar-refractivity contribution in [3.05, 3.63) is 60.2 Å². The van der Waals surface area contributed by atoms with Gasteiger partial charge in [-0.25, -0.2) is 9.59 Å². The second-order valence-corrected chi connectivity index (χ2v) is 8.30. The molecule has 2 aromatic carbocycles. The quantitative estimate of drug-likeness (QED) is 0.414. The largest absolute Gasteiger partial charge is 0.492 e. The van der Waals surface area contributed by atoms with Crippen LogP contribution in [-0.2, 0) is 16.0 Å². The molecule has 33 heavy (non-hydrogen) atoms. The van der Waals surface area contributed by atoms with Crippen molar-refractivity contribution < 1.29 is 24.2 Å². The maximum atomic E-state index is 12.8. The first kappa shape index (κ1) is 26.2. The van der Waals surface area contributed by atoms with E-state index in [4.69, 9.17) is 9.47 Å². The fourth-order valence-corrected chi connectivity index (χ4v) is 3.36. The van der Waals surface area contributed by atoms with E-state index in [1.807, 2.05) is 54.6 Å². The number of carboxylic acids is 1. The van der Waals surface area contributed by atoms with Gasteiger partial charge in [-0.2, -0.15) is 0 Å². The molecule has 1 atom stereocenters. The van der Waals surface area contributed by atoms with E-state index in [-0.39, 0.29) is 6.03 Å². The Bertz CT molecular complexity index is 840. The Hall–Kier alpha value is -3.06. The molecule has 180 valence electrons. The van der Waals surface area contributed by atoms with Crippen LogP contribution >= 0.6 is 0 Å². The van der Waals surface area contributed by atoms with E-state index in [1.165, 1.54) is 0 Å². The summed E-state index contributed by atoms with van der Waals surface area (Å²) in [5, 5.41) is 12.2. The van der Waals surface area contributed by atoms with Crippen molar-refractivity contribution in [3.8, 4) is 5.75 Å². The number of aliphatic carboxylic acids is 1. The van der Waals surface area contributed by atoms with Crippen LogP contribution in [0.25, 0.3) is 0 Å². The predicted octanol–water partition coefficient (Wildman–Crippen LogP) is 5.07. The lowest BCUT2D eigenvalue weighted by atomic mass is 10.1. The van der Waals surface area contributed by atoms with Gasteiger partial charge in [-0.1, -0.05) is 44.2 Å². The number of nitrogens with one attached hydrogen (secondary N) is 1. The highest BCUT2D eigenvalue weighted by Gasteiger charge is 2.18. The minimum Gasteiger partial charge on any atom is -0.492 e. The van der Waals surface area contributed by atoms with Gasteiger partial charge in [0, 0.05) is 25.3 Å². The Kier molecular flexibility index (Phi) is 11.2. The first-order valence-corrected chi connectivity index (χ1v) is 11.6. The molecule has 2 amide bonds. The molecule has 0 fully saturated rings. The Morgan fingerprint density at radius 2 is 1.73 bits per heavy atom. The lowest BCUT2D eigenvalue weighted by Gasteiger charge is -2.23. The van der Waals surface area contributed by atoms with Crippen molar-refractivity contribution in [2.24, 2.45) is 5.92 Å². The number of carbonyl (C=O) groups is 2. The standard InChI is InChI=1S/C26H36N2O5/c1-4-32-24(25(29)30)19-21-12-14-23(15-13-21)33-18-17-28(16-8-9-20(2)3)26(31)27-22-10-6-5-7-11-22/h5-7,10-15,20,24H,4,8-9,16-19H2,1-3H3,(H,27,31)(H,29,30). The van der Waals surface area contributed by atoms with Gasteiger partial charge in [-0.15, -0.1) is 0 Å². The highest BCUT2D eigenvalue weighted by atomic mass is 16.5. The van der Waals surface area contributed by atoms with E-state index >= 15 is 0 Å². The molecule has 2 aromatic rings. The van der Waals surface area contributed by atoms with Gasteiger partial charge in [-0.3, -0.25) is 0 Å². The molecule has 0 radical (unpaired) electrons. The molecule has 0 spiro atoms. The number of hydrogen-bond acceptors (Lipinski definition) is 4. The average Bonchev–Trinajstić information content (AvgIpc) is 2.79. The van der Waals surface area contributed by atoms with E-state index in [1.54, 1.807) is 11.8 Å². The SMILES string of the molecule is CCOC(Cc1ccc(OCCN(CCCC(C)C)C(=O)Nc2ccccc2)cc1)C(=O)O. The van der Waals surface area contributed by atoms with E-state index < -0.39 is 12.1 Å². The summed E-state index contributed by atoms with van der Waals surface area (Å²) in [6.45, 7) is 7.96. The van der Waals surface area contributed by atoms with E-state index in [0.29, 0.717) is 44.4 Å². The molecule has 1 unspecified atom stereocenters. The third-order valence-corrected chi connectivity index (χ3v) is 5.14. The Morgan fingerprint density at radius 3 is 2.33 bits per heavy atom. The van der Waals surface area contributed by atoms with Gasteiger partial charge in [0.05, 0.1) is 6.54 Å². The number of urea groups is 1. The molecular formula is C26H36N2O5. The van der Waals surface area contributed by atoms with Crippen molar-refractivity contribution >= 4 is 17.7 Å². The fraction of sp³-hybridized carbons (Fsp3) is 0.462. The Labute approximate surface area is 196 Å². The topological polar surface area (TPSA) is 88.1 Å².